The predicted molar refractivity (Wildman–Crippen MR) is 104 cm³/mol. The average Bonchev–Trinajstić information content (AvgIpc) is 3.11. The summed E-state index contributed by atoms with van der Waals surface area (Å²) in [5.74, 6) is -0.404. The smallest absolute Gasteiger partial charge is 0.330 e. The molecular weight excluding hydrogens is 356 g/mol. The molecule has 28 heavy (non-hydrogen) atoms. The molecule has 3 aromatic rings. The van der Waals surface area contributed by atoms with Gasteiger partial charge in [0.1, 0.15) is 0 Å². The zero-order valence-electron chi connectivity index (χ0n) is 16.4. The van der Waals surface area contributed by atoms with E-state index in [0.717, 1.165) is 32.6 Å². The van der Waals surface area contributed by atoms with E-state index in [4.69, 9.17) is 4.74 Å². The molecule has 1 aromatic heterocycles. The summed E-state index contributed by atoms with van der Waals surface area (Å²) in [6, 6.07) is 11.5. The van der Waals surface area contributed by atoms with Crippen LogP contribution in [0, 0.1) is 27.7 Å². The van der Waals surface area contributed by atoms with Crippen LogP contribution in [0.25, 0.3) is 11.4 Å². The first-order chi connectivity index (χ1) is 13.3. The Morgan fingerprint density at radius 1 is 0.964 bits per heavy atom. The highest BCUT2D eigenvalue weighted by Crippen LogP contribution is 2.16. The number of nitrogens with zero attached hydrogens (tertiary/aromatic N) is 4. The maximum absolute atomic E-state index is 12.4. The van der Waals surface area contributed by atoms with E-state index < -0.39 is 5.97 Å². The lowest BCUT2D eigenvalue weighted by Crippen LogP contribution is -2.20. The van der Waals surface area contributed by atoms with Crippen LogP contribution in [0.5, 0.6) is 0 Å². The minimum Gasteiger partial charge on any atom is -0.456 e. The SMILES string of the molecule is Cc1ccc(-c2nnn(CC(=O)OCC(=O)c3cc(C)c(C)cc3C)n2)cc1. The minimum absolute atomic E-state index is 0.210. The van der Waals surface area contributed by atoms with Gasteiger partial charge in [-0.15, -0.1) is 10.2 Å². The highest BCUT2D eigenvalue weighted by atomic mass is 16.5. The first-order valence-electron chi connectivity index (χ1n) is 8.95. The molecule has 2 aromatic carbocycles. The second kappa shape index (κ2) is 8.12. The molecule has 7 heteroatoms. The summed E-state index contributed by atoms with van der Waals surface area (Å²) in [5.41, 5.74) is 5.51. The molecule has 0 radical (unpaired) electrons. The van der Waals surface area contributed by atoms with Crippen molar-refractivity contribution in [2.75, 3.05) is 6.61 Å². The van der Waals surface area contributed by atoms with E-state index in [0.29, 0.717) is 11.4 Å². The van der Waals surface area contributed by atoms with Crippen LogP contribution >= 0.6 is 0 Å². The predicted octanol–water partition coefficient (Wildman–Crippen LogP) is 3.00. The van der Waals surface area contributed by atoms with Crippen molar-refractivity contribution in [3.05, 3.63) is 64.2 Å². The van der Waals surface area contributed by atoms with Gasteiger partial charge in [0.2, 0.25) is 11.6 Å². The number of ketones is 1. The first kappa shape index (κ1) is 19.4. The normalized spacial score (nSPS) is 10.7. The van der Waals surface area contributed by atoms with Crippen molar-refractivity contribution in [1.29, 1.82) is 0 Å². The van der Waals surface area contributed by atoms with Gasteiger partial charge >= 0.3 is 5.97 Å². The van der Waals surface area contributed by atoms with Crippen molar-refractivity contribution < 1.29 is 14.3 Å². The van der Waals surface area contributed by atoms with Crippen LogP contribution in [0.3, 0.4) is 0 Å². The topological polar surface area (TPSA) is 87.0 Å². The van der Waals surface area contributed by atoms with Crippen LogP contribution in [-0.4, -0.2) is 38.6 Å². The van der Waals surface area contributed by atoms with Gasteiger partial charge in [-0.3, -0.25) is 4.79 Å². The third-order valence-electron chi connectivity index (χ3n) is 4.54. The fourth-order valence-corrected chi connectivity index (χ4v) is 2.77. The number of Topliss-reactive ketones (excluding diaryl/α,β-unsaturated/α-hetero) is 1. The summed E-state index contributed by atoms with van der Waals surface area (Å²) >= 11 is 0. The van der Waals surface area contributed by atoms with E-state index in [1.807, 2.05) is 64.1 Å². The van der Waals surface area contributed by atoms with Crippen LogP contribution < -0.4 is 0 Å². The molecule has 0 N–H and O–H groups in total. The second-order valence-corrected chi connectivity index (χ2v) is 6.84. The van der Waals surface area contributed by atoms with Gasteiger partial charge in [0.15, 0.2) is 13.2 Å². The number of benzene rings is 2. The molecule has 7 nitrogen and oxygen atoms in total. The second-order valence-electron chi connectivity index (χ2n) is 6.84. The summed E-state index contributed by atoms with van der Waals surface area (Å²) in [6.45, 7) is 7.27. The number of hydrogen-bond donors (Lipinski definition) is 0. The van der Waals surface area contributed by atoms with Crippen molar-refractivity contribution in [3.8, 4) is 11.4 Å². The Kier molecular flexibility index (Phi) is 5.63. The van der Waals surface area contributed by atoms with Gasteiger partial charge in [0.25, 0.3) is 0 Å². The molecular formula is C21H22N4O3. The molecule has 0 amide bonds. The number of aryl methyl sites for hydroxylation is 4. The number of hydrogen-bond acceptors (Lipinski definition) is 6. The summed E-state index contributed by atoms with van der Waals surface area (Å²) in [7, 11) is 0. The van der Waals surface area contributed by atoms with Crippen LogP contribution in [0.4, 0.5) is 0 Å². The number of carbonyl (C=O) groups excluding carboxylic acids is 2. The highest BCUT2D eigenvalue weighted by molar-refractivity contribution is 5.99. The maximum Gasteiger partial charge on any atom is 0.330 e. The Bertz CT molecular complexity index is 1020. The maximum atomic E-state index is 12.4. The quantitative estimate of drug-likeness (QED) is 0.484. The van der Waals surface area contributed by atoms with E-state index in [-0.39, 0.29) is 18.9 Å². The van der Waals surface area contributed by atoms with Gasteiger partial charge in [-0.1, -0.05) is 35.9 Å². The third kappa shape index (κ3) is 4.49. The van der Waals surface area contributed by atoms with Crippen molar-refractivity contribution in [1.82, 2.24) is 20.2 Å². The van der Waals surface area contributed by atoms with Gasteiger partial charge in [-0.05, 0) is 55.7 Å². The fraction of sp³-hybridized carbons (Fsp3) is 0.286. The molecule has 0 aliphatic rings. The standard InChI is InChI=1S/C21H22N4O3/c1-13-5-7-17(8-6-13)21-22-24-25(23-21)11-20(27)28-12-19(26)18-10-15(3)14(2)9-16(18)4/h5-10H,11-12H2,1-4H3. The van der Waals surface area contributed by atoms with E-state index in [9.17, 15) is 9.59 Å². The molecule has 0 spiro atoms. The van der Waals surface area contributed by atoms with Crippen molar-refractivity contribution >= 4 is 11.8 Å². The van der Waals surface area contributed by atoms with E-state index >= 15 is 0 Å². The molecule has 0 aliphatic carbocycles. The molecule has 0 fully saturated rings. The van der Waals surface area contributed by atoms with Crippen molar-refractivity contribution in [2.24, 2.45) is 0 Å². The van der Waals surface area contributed by atoms with Crippen molar-refractivity contribution in [3.63, 3.8) is 0 Å². The molecule has 144 valence electrons. The summed E-state index contributed by atoms with van der Waals surface area (Å²) in [5, 5.41) is 12.0. The van der Waals surface area contributed by atoms with E-state index in [2.05, 4.69) is 15.4 Å². The Labute approximate surface area is 163 Å². The number of esters is 1. The fourth-order valence-electron chi connectivity index (χ4n) is 2.77. The van der Waals surface area contributed by atoms with Crippen LogP contribution in [0.2, 0.25) is 0 Å². The molecule has 0 saturated carbocycles. The number of ether oxygens (including phenoxy) is 1. The number of carbonyl (C=O) groups is 2. The molecule has 0 unspecified atom stereocenters. The van der Waals surface area contributed by atoms with Gasteiger partial charge in [0, 0.05) is 11.1 Å². The van der Waals surface area contributed by atoms with Crippen LogP contribution in [0.15, 0.2) is 36.4 Å². The third-order valence-corrected chi connectivity index (χ3v) is 4.54. The first-order valence-corrected chi connectivity index (χ1v) is 8.95. The molecule has 0 atom stereocenters. The Balaban J connectivity index is 1.58. The molecule has 3 rings (SSSR count). The van der Waals surface area contributed by atoms with Gasteiger partial charge in [0.05, 0.1) is 0 Å². The monoisotopic (exact) mass is 378 g/mol. The lowest BCUT2D eigenvalue weighted by molar-refractivity contribution is -0.143. The lowest BCUT2D eigenvalue weighted by atomic mass is 9.98. The largest absolute Gasteiger partial charge is 0.456 e. The average molecular weight is 378 g/mol. The van der Waals surface area contributed by atoms with E-state index in [1.165, 1.54) is 0 Å². The Hall–Kier alpha value is -3.35. The summed E-state index contributed by atoms with van der Waals surface area (Å²) in [4.78, 5) is 25.6. The zero-order valence-corrected chi connectivity index (χ0v) is 16.4. The van der Waals surface area contributed by atoms with Crippen molar-refractivity contribution in [2.45, 2.75) is 34.2 Å². The lowest BCUT2D eigenvalue weighted by Gasteiger charge is -2.09. The zero-order chi connectivity index (χ0) is 20.3. The van der Waals surface area contributed by atoms with Crippen LogP contribution in [0.1, 0.15) is 32.6 Å². The molecule has 1 heterocycles. The Morgan fingerprint density at radius 2 is 1.64 bits per heavy atom. The van der Waals surface area contributed by atoms with E-state index in [1.54, 1.807) is 0 Å². The summed E-state index contributed by atoms with van der Waals surface area (Å²) in [6.07, 6.45) is 0. The summed E-state index contributed by atoms with van der Waals surface area (Å²) < 4.78 is 5.10. The number of aromatic nitrogens is 4. The molecule has 0 saturated heterocycles. The van der Waals surface area contributed by atoms with Gasteiger partial charge in [-0.2, -0.15) is 4.80 Å². The van der Waals surface area contributed by atoms with Crippen LogP contribution in [-0.2, 0) is 16.1 Å². The number of rotatable bonds is 6. The van der Waals surface area contributed by atoms with Gasteiger partial charge in [-0.25, -0.2) is 4.79 Å². The molecule has 0 aliphatic heterocycles. The van der Waals surface area contributed by atoms with Gasteiger partial charge < -0.3 is 4.74 Å². The number of tetrazole rings is 1. The highest BCUT2D eigenvalue weighted by Gasteiger charge is 2.15. The minimum atomic E-state index is -0.595. The molecule has 0 bridgehead atoms. The Morgan fingerprint density at radius 3 is 2.36 bits per heavy atom.